The zero-order valence-electron chi connectivity index (χ0n) is 10.1. The topological polar surface area (TPSA) is 12.0 Å². The van der Waals surface area contributed by atoms with Gasteiger partial charge in [-0.15, -0.1) is 0 Å². The first-order chi connectivity index (χ1) is 7.97. The molecule has 1 heterocycles. The molecular formula is C11H20F3NS2. The maximum Gasteiger partial charge on any atom is 0.389 e. The Morgan fingerprint density at radius 1 is 1.35 bits per heavy atom. The summed E-state index contributed by atoms with van der Waals surface area (Å²) >= 11 is 3.94. The Hall–Kier alpha value is 0.450. The highest BCUT2D eigenvalue weighted by atomic mass is 32.2. The van der Waals surface area contributed by atoms with Crippen LogP contribution in [0.2, 0.25) is 0 Å². The summed E-state index contributed by atoms with van der Waals surface area (Å²) in [6.07, 6.45) is -3.84. The Bertz CT molecular complexity index is 205. The number of thioether (sulfide) groups is 2. The van der Waals surface area contributed by atoms with Gasteiger partial charge in [0, 0.05) is 41.5 Å². The van der Waals surface area contributed by atoms with Crippen LogP contribution < -0.4 is 5.32 Å². The predicted octanol–water partition coefficient (Wildman–Crippen LogP) is 3.55. The number of rotatable bonds is 6. The summed E-state index contributed by atoms with van der Waals surface area (Å²) in [5, 5.41) is 3.96. The summed E-state index contributed by atoms with van der Waals surface area (Å²) in [7, 11) is 0. The summed E-state index contributed by atoms with van der Waals surface area (Å²) in [4.78, 5) is 0. The smallest absolute Gasteiger partial charge is 0.313 e. The Labute approximate surface area is 110 Å². The van der Waals surface area contributed by atoms with Gasteiger partial charge in [0.15, 0.2) is 0 Å². The quantitative estimate of drug-likeness (QED) is 0.802. The lowest BCUT2D eigenvalue weighted by Crippen LogP contribution is -2.35. The highest BCUT2D eigenvalue weighted by Gasteiger charge is 2.26. The van der Waals surface area contributed by atoms with Crippen molar-refractivity contribution < 1.29 is 13.2 Å². The van der Waals surface area contributed by atoms with Gasteiger partial charge >= 0.3 is 6.18 Å². The normalized spacial score (nSPS) is 23.6. The molecule has 1 N–H and O–H groups in total. The zero-order chi connectivity index (χ0) is 12.7. The minimum Gasteiger partial charge on any atom is -0.313 e. The van der Waals surface area contributed by atoms with Crippen LogP contribution >= 0.6 is 23.5 Å². The van der Waals surface area contributed by atoms with E-state index in [1.807, 2.05) is 30.4 Å². The van der Waals surface area contributed by atoms with Crippen LogP contribution in [0.3, 0.4) is 0 Å². The van der Waals surface area contributed by atoms with Crippen LogP contribution in [0.5, 0.6) is 0 Å². The van der Waals surface area contributed by atoms with Crippen LogP contribution in [0.1, 0.15) is 26.2 Å². The fourth-order valence-electron chi connectivity index (χ4n) is 1.70. The van der Waals surface area contributed by atoms with Gasteiger partial charge in [0.25, 0.3) is 0 Å². The monoisotopic (exact) mass is 287 g/mol. The largest absolute Gasteiger partial charge is 0.389 e. The van der Waals surface area contributed by atoms with E-state index in [-0.39, 0.29) is 12.5 Å². The molecule has 0 aliphatic carbocycles. The van der Waals surface area contributed by atoms with E-state index in [1.54, 1.807) is 0 Å². The lowest BCUT2D eigenvalue weighted by molar-refractivity contribution is -0.135. The molecule has 0 radical (unpaired) electrons. The van der Waals surface area contributed by atoms with Gasteiger partial charge in [-0.3, -0.25) is 0 Å². The Morgan fingerprint density at radius 2 is 2.12 bits per heavy atom. The first-order valence-corrected chi connectivity index (χ1v) is 8.17. The molecule has 0 aromatic rings. The van der Waals surface area contributed by atoms with Crippen molar-refractivity contribution in [3.63, 3.8) is 0 Å². The third-order valence-corrected chi connectivity index (χ3v) is 5.52. The molecule has 1 aliphatic heterocycles. The molecule has 1 fully saturated rings. The van der Waals surface area contributed by atoms with E-state index in [0.717, 1.165) is 12.3 Å². The third-order valence-electron chi connectivity index (χ3n) is 2.68. The van der Waals surface area contributed by atoms with Gasteiger partial charge in [0.05, 0.1) is 0 Å². The van der Waals surface area contributed by atoms with Gasteiger partial charge in [-0.25, -0.2) is 0 Å². The summed E-state index contributed by atoms with van der Waals surface area (Å²) in [6, 6.07) is 0.185. The van der Waals surface area contributed by atoms with Gasteiger partial charge < -0.3 is 5.32 Å². The Morgan fingerprint density at radius 3 is 2.71 bits per heavy atom. The molecule has 0 spiro atoms. The van der Waals surface area contributed by atoms with Crippen LogP contribution in [-0.2, 0) is 0 Å². The second kappa shape index (κ2) is 7.79. The molecule has 1 rings (SSSR count). The standard InChI is InChI=1S/C11H20F3NS2/c1-9(3-2-4-11(12,13)14)15-7-10-8-16-5-6-17-10/h9-10,15H,2-8H2,1H3. The SMILES string of the molecule is CC(CCCC(F)(F)F)NCC1CSCCS1. The second-order valence-corrected chi connectivity index (χ2v) is 6.94. The molecule has 1 aliphatic rings. The number of hydrogen-bond acceptors (Lipinski definition) is 3. The molecular weight excluding hydrogens is 267 g/mol. The highest BCUT2D eigenvalue weighted by molar-refractivity contribution is 8.06. The van der Waals surface area contributed by atoms with E-state index in [1.165, 1.54) is 11.5 Å². The number of alkyl halides is 3. The van der Waals surface area contributed by atoms with Crippen molar-refractivity contribution in [1.29, 1.82) is 0 Å². The molecule has 102 valence electrons. The van der Waals surface area contributed by atoms with Crippen molar-refractivity contribution in [1.82, 2.24) is 5.32 Å². The van der Waals surface area contributed by atoms with Crippen LogP contribution in [0.4, 0.5) is 13.2 Å². The first kappa shape index (κ1) is 15.5. The summed E-state index contributed by atoms with van der Waals surface area (Å²) < 4.78 is 35.9. The van der Waals surface area contributed by atoms with E-state index >= 15 is 0 Å². The summed E-state index contributed by atoms with van der Waals surface area (Å²) in [6.45, 7) is 2.89. The van der Waals surface area contributed by atoms with Crippen LogP contribution in [0, 0.1) is 0 Å². The van der Waals surface area contributed by atoms with Crippen molar-refractivity contribution in [3.05, 3.63) is 0 Å². The molecule has 0 bridgehead atoms. The summed E-state index contributed by atoms with van der Waals surface area (Å²) in [5.74, 6) is 3.58. The predicted molar refractivity (Wildman–Crippen MR) is 70.9 cm³/mol. The minimum absolute atomic E-state index is 0.185. The molecule has 6 heteroatoms. The number of hydrogen-bond donors (Lipinski definition) is 1. The molecule has 0 aromatic carbocycles. The van der Waals surface area contributed by atoms with Gasteiger partial charge in [0.2, 0.25) is 0 Å². The average Bonchev–Trinajstić information content (AvgIpc) is 2.26. The first-order valence-electron chi connectivity index (χ1n) is 5.97. The fourth-order valence-corrected chi connectivity index (χ4v) is 4.32. The number of halogens is 3. The highest BCUT2D eigenvalue weighted by Crippen LogP contribution is 2.24. The lowest BCUT2D eigenvalue weighted by Gasteiger charge is -2.23. The van der Waals surface area contributed by atoms with Crippen LogP contribution in [-0.4, -0.2) is 41.3 Å². The van der Waals surface area contributed by atoms with Crippen molar-refractivity contribution in [2.75, 3.05) is 23.8 Å². The van der Waals surface area contributed by atoms with Crippen molar-refractivity contribution in [2.24, 2.45) is 0 Å². The van der Waals surface area contributed by atoms with Crippen LogP contribution in [0.25, 0.3) is 0 Å². The molecule has 0 amide bonds. The Balaban J connectivity index is 2.02. The number of nitrogens with one attached hydrogen (secondary N) is 1. The third kappa shape index (κ3) is 8.21. The molecule has 1 saturated heterocycles. The van der Waals surface area contributed by atoms with E-state index < -0.39 is 12.6 Å². The minimum atomic E-state index is -4.00. The van der Waals surface area contributed by atoms with E-state index in [4.69, 9.17) is 0 Å². The van der Waals surface area contributed by atoms with Crippen molar-refractivity contribution in [2.45, 2.75) is 43.7 Å². The van der Waals surface area contributed by atoms with Gasteiger partial charge in [-0.2, -0.15) is 36.7 Å². The zero-order valence-corrected chi connectivity index (χ0v) is 11.7. The van der Waals surface area contributed by atoms with Crippen molar-refractivity contribution in [3.8, 4) is 0 Å². The summed E-state index contributed by atoms with van der Waals surface area (Å²) in [5.41, 5.74) is 0. The van der Waals surface area contributed by atoms with Crippen LogP contribution in [0.15, 0.2) is 0 Å². The maximum atomic E-state index is 12.0. The van der Waals surface area contributed by atoms with E-state index in [0.29, 0.717) is 11.7 Å². The van der Waals surface area contributed by atoms with Gasteiger partial charge in [0.1, 0.15) is 0 Å². The van der Waals surface area contributed by atoms with E-state index in [2.05, 4.69) is 5.32 Å². The molecule has 2 atom stereocenters. The lowest BCUT2D eigenvalue weighted by atomic mass is 10.1. The fraction of sp³-hybridized carbons (Fsp3) is 1.00. The van der Waals surface area contributed by atoms with Crippen molar-refractivity contribution >= 4 is 23.5 Å². The van der Waals surface area contributed by atoms with E-state index in [9.17, 15) is 13.2 Å². The molecule has 1 nitrogen and oxygen atoms in total. The molecule has 2 unspecified atom stereocenters. The molecule has 17 heavy (non-hydrogen) atoms. The van der Waals surface area contributed by atoms with Gasteiger partial charge in [-0.1, -0.05) is 0 Å². The second-order valence-electron chi connectivity index (χ2n) is 4.38. The Kier molecular flexibility index (Phi) is 7.11. The molecule has 0 saturated carbocycles. The molecule has 0 aromatic heterocycles. The van der Waals surface area contributed by atoms with Gasteiger partial charge in [-0.05, 0) is 19.8 Å². The maximum absolute atomic E-state index is 12.0. The average molecular weight is 287 g/mol.